The molecule has 1 aromatic rings. The maximum absolute atomic E-state index is 12.0. The Kier molecular flexibility index (Phi) is 4.79. The summed E-state index contributed by atoms with van der Waals surface area (Å²) in [7, 11) is 0. The van der Waals surface area contributed by atoms with Crippen molar-refractivity contribution in [2.45, 2.75) is 45.6 Å². The number of benzene rings is 1. The highest BCUT2D eigenvalue weighted by molar-refractivity contribution is 6.01. The summed E-state index contributed by atoms with van der Waals surface area (Å²) in [5.41, 5.74) is 2.08. The molecule has 3 rings (SSSR count). The average molecular weight is 344 g/mol. The van der Waals surface area contributed by atoms with E-state index in [0.29, 0.717) is 32.2 Å². The summed E-state index contributed by atoms with van der Waals surface area (Å²) < 4.78 is 0. The molecule has 1 N–H and O–H groups in total. The van der Waals surface area contributed by atoms with Crippen molar-refractivity contribution in [3.05, 3.63) is 35.4 Å². The first-order chi connectivity index (χ1) is 11.9. The predicted molar refractivity (Wildman–Crippen MR) is 93.4 cm³/mol. The molecule has 25 heavy (non-hydrogen) atoms. The van der Waals surface area contributed by atoms with E-state index < -0.39 is 11.4 Å². The number of carboxylic acid groups (broad SMARTS) is 1. The third kappa shape index (κ3) is 3.67. The molecule has 2 aliphatic heterocycles. The van der Waals surface area contributed by atoms with Crippen LogP contribution in [0.3, 0.4) is 0 Å². The fourth-order valence-corrected chi connectivity index (χ4v) is 3.72. The number of likely N-dealkylation sites (tertiary alicyclic amines) is 1. The van der Waals surface area contributed by atoms with Gasteiger partial charge in [0.2, 0.25) is 5.91 Å². The number of aryl methyl sites for hydroxylation is 1. The van der Waals surface area contributed by atoms with E-state index in [4.69, 9.17) is 4.84 Å². The van der Waals surface area contributed by atoms with Crippen LogP contribution in [0.25, 0.3) is 0 Å². The number of rotatable bonds is 4. The minimum absolute atomic E-state index is 0.0748. The van der Waals surface area contributed by atoms with Gasteiger partial charge in [-0.25, -0.2) is 0 Å². The smallest absolute Gasteiger partial charge is 0.311 e. The maximum Gasteiger partial charge on any atom is 0.311 e. The Hall–Kier alpha value is -2.37. The zero-order chi connectivity index (χ0) is 18.0. The van der Waals surface area contributed by atoms with Crippen LogP contribution < -0.4 is 0 Å². The number of carboxylic acids is 1. The van der Waals surface area contributed by atoms with E-state index in [2.05, 4.69) is 5.16 Å². The van der Waals surface area contributed by atoms with Gasteiger partial charge in [0.05, 0.1) is 11.1 Å². The molecule has 0 aliphatic carbocycles. The lowest BCUT2D eigenvalue weighted by Gasteiger charge is -2.40. The molecule has 0 saturated carbocycles. The molecule has 0 bridgehead atoms. The van der Waals surface area contributed by atoms with E-state index in [9.17, 15) is 14.7 Å². The molecular formula is C19H24N2O4. The lowest BCUT2D eigenvalue weighted by atomic mass is 9.75. The number of carbonyl (C=O) groups is 2. The topological polar surface area (TPSA) is 79.2 Å². The van der Waals surface area contributed by atoms with Crippen molar-refractivity contribution >= 4 is 17.6 Å². The first-order valence-corrected chi connectivity index (χ1v) is 8.68. The molecule has 2 unspecified atom stereocenters. The van der Waals surface area contributed by atoms with Gasteiger partial charge in [-0.3, -0.25) is 9.59 Å². The Morgan fingerprint density at radius 2 is 2.08 bits per heavy atom. The predicted octanol–water partition coefficient (Wildman–Crippen LogP) is 2.59. The van der Waals surface area contributed by atoms with Crippen LogP contribution in [0.4, 0.5) is 0 Å². The second-order valence-electron chi connectivity index (χ2n) is 7.17. The summed E-state index contributed by atoms with van der Waals surface area (Å²) in [5, 5.41) is 14.0. The molecule has 1 fully saturated rings. The summed E-state index contributed by atoms with van der Waals surface area (Å²) in [6.07, 6.45) is 1.96. The highest BCUT2D eigenvalue weighted by Crippen LogP contribution is 2.38. The highest BCUT2D eigenvalue weighted by atomic mass is 16.6. The second-order valence-corrected chi connectivity index (χ2v) is 7.17. The van der Waals surface area contributed by atoms with Gasteiger partial charge in [0.25, 0.3) is 0 Å². The van der Waals surface area contributed by atoms with Crippen molar-refractivity contribution in [1.29, 1.82) is 0 Å². The summed E-state index contributed by atoms with van der Waals surface area (Å²) in [6.45, 7) is 4.39. The van der Waals surface area contributed by atoms with Crippen molar-refractivity contribution < 1.29 is 19.5 Å². The summed E-state index contributed by atoms with van der Waals surface area (Å²) >= 11 is 0. The number of amides is 1. The SMILES string of the molecule is CC(=O)N1CCCC(CC2CC(c3ccc(C)cc3)=NO2)(C(=O)O)C1. The lowest BCUT2D eigenvalue weighted by molar-refractivity contribution is -0.157. The molecule has 2 aliphatic rings. The molecule has 1 amide bonds. The van der Waals surface area contributed by atoms with Crippen LogP contribution in [0.15, 0.2) is 29.4 Å². The van der Waals surface area contributed by atoms with Crippen molar-refractivity contribution in [2.75, 3.05) is 13.1 Å². The van der Waals surface area contributed by atoms with Gasteiger partial charge in [0.1, 0.15) is 6.10 Å². The Morgan fingerprint density at radius 1 is 1.36 bits per heavy atom. The second kappa shape index (κ2) is 6.86. The van der Waals surface area contributed by atoms with E-state index in [1.807, 2.05) is 31.2 Å². The number of piperidine rings is 1. The standard InChI is InChI=1S/C19H24N2O4/c1-13-4-6-15(7-5-13)17-10-16(25-20-17)11-19(18(23)24)8-3-9-21(12-19)14(2)22/h4-7,16H,3,8-12H2,1-2H3,(H,23,24). The minimum Gasteiger partial charge on any atom is -0.481 e. The van der Waals surface area contributed by atoms with Crippen molar-refractivity contribution in [1.82, 2.24) is 4.90 Å². The molecule has 0 aromatic heterocycles. The highest BCUT2D eigenvalue weighted by Gasteiger charge is 2.46. The number of aliphatic carboxylic acids is 1. The van der Waals surface area contributed by atoms with Gasteiger partial charge < -0.3 is 14.8 Å². The van der Waals surface area contributed by atoms with Gasteiger partial charge in [-0.05, 0) is 25.3 Å². The van der Waals surface area contributed by atoms with Gasteiger partial charge in [0, 0.05) is 32.9 Å². The quantitative estimate of drug-likeness (QED) is 0.910. The first-order valence-electron chi connectivity index (χ1n) is 8.68. The van der Waals surface area contributed by atoms with E-state index in [-0.39, 0.29) is 18.6 Å². The van der Waals surface area contributed by atoms with Crippen LogP contribution in [0.5, 0.6) is 0 Å². The molecular weight excluding hydrogens is 320 g/mol. The van der Waals surface area contributed by atoms with Crippen molar-refractivity contribution in [3.63, 3.8) is 0 Å². The monoisotopic (exact) mass is 344 g/mol. The largest absolute Gasteiger partial charge is 0.481 e. The first kappa shape index (κ1) is 17.5. The third-order valence-corrected chi connectivity index (χ3v) is 5.21. The number of hydrogen-bond donors (Lipinski definition) is 1. The number of carbonyl (C=O) groups excluding carboxylic acids is 1. The van der Waals surface area contributed by atoms with E-state index in [1.54, 1.807) is 4.90 Å². The third-order valence-electron chi connectivity index (χ3n) is 5.21. The zero-order valence-corrected chi connectivity index (χ0v) is 14.7. The Labute approximate surface area is 147 Å². The fourth-order valence-electron chi connectivity index (χ4n) is 3.72. The summed E-state index contributed by atoms with van der Waals surface area (Å²) in [5.74, 6) is -0.930. The van der Waals surface area contributed by atoms with Gasteiger partial charge in [-0.2, -0.15) is 0 Å². The number of hydrogen-bond acceptors (Lipinski definition) is 4. The van der Waals surface area contributed by atoms with Crippen molar-refractivity contribution in [3.8, 4) is 0 Å². The van der Waals surface area contributed by atoms with E-state index >= 15 is 0 Å². The maximum atomic E-state index is 12.0. The number of nitrogens with zero attached hydrogens (tertiary/aromatic N) is 2. The van der Waals surface area contributed by atoms with E-state index in [0.717, 1.165) is 11.3 Å². The number of oxime groups is 1. The Morgan fingerprint density at radius 3 is 2.72 bits per heavy atom. The minimum atomic E-state index is -0.952. The Bertz CT molecular complexity index is 698. The molecule has 6 nitrogen and oxygen atoms in total. The molecule has 2 heterocycles. The zero-order valence-electron chi connectivity index (χ0n) is 14.7. The van der Waals surface area contributed by atoms with Gasteiger partial charge in [-0.15, -0.1) is 0 Å². The van der Waals surface area contributed by atoms with Crippen LogP contribution >= 0.6 is 0 Å². The molecule has 0 radical (unpaired) electrons. The van der Waals surface area contributed by atoms with Crippen LogP contribution in [-0.2, 0) is 14.4 Å². The summed E-state index contributed by atoms with van der Waals surface area (Å²) in [6, 6.07) is 8.06. The Balaban J connectivity index is 1.69. The van der Waals surface area contributed by atoms with Crippen LogP contribution in [0, 0.1) is 12.3 Å². The average Bonchev–Trinajstić information content (AvgIpc) is 3.04. The lowest BCUT2D eigenvalue weighted by Crippen LogP contribution is -2.50. The fraction of sp³-hybridized carbons (Fsp3) is 0.526. The molecule has 6 heteroatoms. The molecule has 0 spiro atoms. The van der Waals surface area contributed by atoms with Crippen molar-refractivity contribution in [2.24, 2.45) is 10.6 Å². The normalized spacial score (nSPS) is 26.1. The van der Waals surface area contributed by atoms with Gasteiger partial charge in [-0.1, -0.05) is 35.0 Å². The molecule has 1 aromatic carbocycles. The molecule has 1 saturated heterocycles. The molecule has 134 valence electrons. The van der Waals surface area contributed by atoms with E-state index in [1.165, 1.54) is 12.5 Å². The van der Waals surface area contributed by atoms with Crippen LogP contribution in [-0.4, -0.2) is 46.8 Å². The van der Waals surface area contributed by atoms with Gasteiger partial charge >= 0.3 is 5.97 Å². The van der Waals surface area contributed by atoms with Crippen LogP contribution in [0.2, 0.25) is 0 Å². The van der Waals surface area contributed by atoms with Gasteiger partial charge in [0.15, 0.2) is 0 Å². The molecule has 2 atom stereocenters. The van der Waals surface area contributed by atoms with Crippen LogP contribution in [0.1, 0.15) is 43.7 Å². The summed E-state index contributed by atoms with van der Waals surface area (Å²) in [4.78, 5) is 30.9.